The largest absolute Gasteiger partial charge is 0.416 e. The molecule has 0 aromatic carbocycles. The minimum atomic E-state index is -4.56. The molecule has 10 heteroatoms. The molecule has 6 nitrogen and oxygen atoms in total. The fourth-order valence-electron chi connectivity index (χ4n) is 1.29. The normalized spacial score (nSPS) is 13.1. The number of anilines is 2. The van der Waals surface area contributed by atoms with Crippen molar-refractivity contribution in [3.05, 3.63) is 17.7 Å². The molecule has 4 N–H and O–H groups in total. The molecule has 0 saturated carbocycles. The number of hydrogen-bond acceptors (Lipinski definition) is 6. The highest BCUT2D eigenvalue weighted by Crippen LogP contribution is 2.32. The fourth-order valence-corrected chi connectivity index (χ4v) is 1.63. The maximum atomic E-state index is 12.7. The lowest BCUT2D eigenvalue weighted by Crippen LogP contribution is -2.38. The van der Waals surface area contributed by atoms with Crippen molar-refractivity contribution < 1.29 is 21.6 Å². The standard InChI is InChI=1S/C11H17F3N4O2S/c1-10(2,21(3,19)20)6-16-8-4-7(11(12,13)14)5-9(17-8)18-15/h4-5H,6,15H2,1-3H3,(H2,16,17,18). The van der Waals surface area contributed by atoms with Gasteiger partial charge in [0.1, 0.15) is 11.6 Å². The Kier molecular flexibility index (Phi) is 4.73. The number of aromatic nitrogens is 1. The van der Waals surface area contributed by atoms with E-state index in [2.05, 4.69) is 10.3 Å². The topological polar surface area (TPSA) is 97.1 Å². The first-order valence-corrected chi connectivity index (χ1v) is 7.75. The van der Waals surface area contributed by atoms with E-state index in [1.54, 1.807) is 0 Å². The SMILES string of the molecule is CC(C)(CNc1cc(C(F)(F)F)cc(NN)n1)S(C)(=O)=O. The van der Waals surface area contributed by atoms with Crippen molar-refractivity contribution in [3.63, 3.8) is 0 Å². The van der Waals surface area contributed by atoms with Crippen LogP contribution in [0.1, 0.15) is 19.4 Å². The molecule has 0 unspecified atom stereocenters. The number of sulfone groups is 1. The Morgan fingerprint density at radius 2 is 1.76 bits per heavy atom. The zero-order valence-electron chi connectivity index (χ0n) is 11.7. The Morgan fingerprint density at radius 1 is 1.24 bits per heavy atom. The van der Waals surface area contributed by atoms with E-state index in [4.69, 9.17) is 5.84 Å². The van der Waals surface area contributed by atoms with Crippen LogP contribution in [0.2, 0.25) is 0 Å². The van der Waals surface area contributed by atoms with Gasteiger partial charge >= 0.3 is 6.18 Å². The van der Waals surface area contributed by atoms with E-state index in [1.807, 2.05) is 5.43 Å². The zero-order chi connectivity index (χ0) is 16.5. The van der Waals surface area contributed by atoms with Crippen molar-refractivity contribution in [2.24, 2.45) is 5.84 Å². The summed E-state index contributed by atoms with van der Waals surface area (Å²) in [5, 5.41) is 2.59. The number of rotatable bonds is 5. The van der Waals surface area contributed by atoms with Gasteiger partial charge in [-0.05, 0) is 26.0 Å². The van der Waals surface area contributed by atoms with Crippen molar-refractivity contribution in [3.8, 4) is 0 Å². The summed E-state index contributed by atoms with van der Waals surface area (Å²) >= 11 is 0. The van der Waals surface area contributed by atoms with Crippen molar-refractivity contribution in [2.45, 2.75) is 24.8 Å². The summed E-state index contributed by atoms with van der Waals surface area (Å²) in [6, 6.07) is 1.55. The summed E-state index contributed by atoms with van der Waals surface area (Å²) in [5.41, 5.74) is 1.10. The molecular formula is C11H17F3N4O2S. The van der Waals surface area contributed by atoms with Crippen LogP contribution < -0.4 is 16.6 Å². The summed E-state index contributed by atoms with van der Waals surface area (Å²) in [4.78, 5) is 3.81. The van der Waals surface area contributed by atoms with Crippen LogP contribution in [0.25, 0.3) is 0 Å². The maximum Gasteiger partial charge on any atom is 0.416 e. The van der Waals surface area contributed by atoms with E-state index >= 15 is 0 Å². The van der Waals surface area contributed by atoms with Gasteiger partial charge in [0.15, 0.2) is 9.84 Å². The number of nitrogens with one attached hydrogen (secondary N) is 2. The second kappa shape index (κ2) is 5.68. The molecule has 0 radical (unpaired) electrons. The smallest absolute Gasteiger partial charge is 0.368 e. The van der Waals surface area contributed by atoms with Crippen LogP contribution in [0.3, 0.4) is 0 Å². The minimum absolute atomic E-state index is 0.0931. The molecule has 0 amide bonds. The molecule has 1 rings (SSSR count). The highest BCUT2D eigenvalue weighted by Gasteiger charge is 2.33. The average molecular weight is 326 g/mol. The van der Waals surface area contributed by atoms with Gasteiger partial charge in [-0.1, -0.05) is 0 Å². The number of halogens is 3. The van der Waals surface area contributed by atoms with E-state index < -0.39 is 26.3 Å². The van der Waals surface area contributed by atoms with Crippen molar-refractivity contribution in [1.82, 2.24) is 4.98 Å². The Balaban J connectivity index is 3.04. The van der Waals surface area contributed by atoms with E-state index in [1.165, 1.54) is 13.8 Å². The lowest BCUT2D eigenvalue weighted by Gasteiger charge is -2.23. The molecule has 0 spiro atoms. The molecule has 1 heterocycles. The van der Waals surface area contributed by atoms with Crippen molar-refractivity contribution in [2.75, 3.05) is 23.5 Å². The third kappa shape index (κ3) is 4.46. The van der Waals surface area contributed by atoms with E-state index in [0.29, 0.717) is 0 Å². The van der Waals surface area contributed by atoms with Crippen molar-refractivity contribution >= 4 is 21.5 Å². The van der Waals surface area contributed by atoms with E-state index in [-0.39, 0.29) is 18.2 Å². The predicted octanol–water partition coefficient (Wildman–Crippen LogP) is 1.62. The monoisotopic (exact) mass is 326 g/mol. The molecular weight excluding hydrogens is 309 g/mol. The van der Waals surface area contributed by atoms with Gasteiger partial charge in [-0.25, -0.2) is 19.2 Å². The highest BCUT2D eigenvalue weighted by molar-refractivity contribution is 7.92. The van der Waals surface area contributed by atoms with Crippen molar-refractivity contribution in [1.29, 1.82) is 0 Å². The first-order chi connectivity index (χ1) is 9.37. The first-order valence-electron chi connectivity index (χ1n) is 5.86. The number of hydrogen-bond donors (Lipinski definition) is 3. The number of pyridine rings is 1. The second-order valence-corrected chi connectivity index (χ2v) is 7.80. The molecule has 0 aliphatic rings. The molecule has 120 valence electrons. The third-order valence-corrected chi connectivity index (χ3v) is 5.15. The Hall–Kier alpha value is -1.55. The maximum absolute atomic E-state index is 12.7. The average Bonchev–Trinajstić information content (AvgIpc) is 2.33. The Morgan fingerprint density at radius 3 is 2.19 bits per heavy atom. The molecule has 0 aliphatic heterocycles. The van der Waals surface area contributed by atoms with E-state index in [0.717, 1.165) is 18.4 Å². The van der Waals surface area contributed by atoms with Gasteiger partial charge in [-0.15, -0.1) is 0 Å². The van der Waals surface area contributed by atoms with Crippen LogP contribution in [0.4, 0.5) is 24.8 Å². The van der Waals surface area contributed by atoms with Crippen LogP contribution >= 0.6 is 0 Å². The predicted molar refractivity (Wildman–Crippen MR) is 74.5 cm³/mol. The van der Waals surface area contributed by atoms with Crippen LogP contribution in [-0.4, -0.2) is 30.9 Å². The fraction of sp³-hybridized carbons (Fsp3) is 0.545. The number of hydrazine groups is 1. The number of nitrogen functional groups attached to an aromatic ring is 1. The highest BCUT2D eigenvalue weighted by atomic mass is 32.2. The minimum Gasteiger partial charge on any atom is -0.368 e. The summed E-state index contributed by atoms with van der Waals surface area (Å²) in [6.07, 6.45) is -3.50. The van der Waals surface area contributed by atoms with Crippen LogP contribution in [-0.2, 0) is 16.0 Å². The quantitative estimate of drug-likeness (QED) is 0.562. The molecule has 0 fully saturated rings. The van der Waals surface area contributed by atoms with Gasteiger partial charge in [0.05, 0.1) is 10.3 Å². The Labute approximate surface area is 120 Å². The number of alkyl halides is 3. The lowest BCUT2D eigenvalue weighted by molar-refractivity contribution is -0.137. The van der Waals surface area contributed by atoms with Gasteiger partial charge in [0.2, 0.25) is 0 Å². The van der Waals surface area contributed by atoms with Gasteiger partial charge in [0, 0.05) is 12.8 Å². The zero-order valence-corrected chi connectivity index (χ0v) is 12.6. The molecule has 1 aromatic heterocycles. The summed E-state index contributed by atoms with van der Waals surface area (Å²) in [6.45, 7) is 2.83. The summed E-state index contributed by atoms with van der Waals surface area (Å²) in [5.74, 6) is 4.79. The van der Waals surface area contributed by atoms with Crippen LogP contribution in [0.5, 0.6) is 0 Å². The molecule has 0 aliphatic carbocycles. The second-order valence-electron chi connectivity index (χ2n) is 5.15. The van der Waals surface area contributed by atoms with Gasteiger partial charge in [0.25, 0.3) is 0 Å². The van der Waals surface area contributed by atoms with Crippen LogP contribution in [0.15, 0.2) is 12.1 Å². The molecule has 0 saturated heterocycles. The summed E-state index contributed by atoms with van der Waals surface area (Å²) in [7, 11) is -3.38. The molecule has 0 atom stereocenters. The van der Waals surface area contributed by atoms with Gasteiger partial charge in [-0.2, -0.15) is 13.2 Å². The molecule has 1 aromatic rings. The third-order valence-electron chi connectivity index (χ3n) is 3.00. The molecule has 21 heavy (non-hydrogen) atoms. The summed E-state index contributed by atoms with van der Waals surface area (Å²) < 4.78 is 60.1. The number of nitrogens with two attached hydrogens (primary N) is 1. The van der Waals surface area contributed by atoms with Gasteiger partial charge in [-0.3, -0.25) is 0 Å². The van der Waals surface area contributed by atoms with Gasteiger partial charge < -0.3 is 10.7 Å². The van der Waals surface area contributed by atoms with E-state index in [9.17, 15) is 21.6 Å². The lowest BCUT2D eigenvalue weighted by atomic mass is 10.2. The van der Waals surface area contributed by atoms with Crippen LogP contribution in [0, 0.1) is 0 Å². The Bertz CT molecular complexity index is 614. The first kappa shape index (κ1) is 17.5. The molecule has 0 bridgehead atoms. The number of nitrogens with zero attached hydrogens (tertiary/aromatic N) is 1.